The summed E-state index contributed by atoms with van der Waals surface area (Å²) in [4.78, 5) is 0. The second-order valence-electron chi connectivity index (χ2n) is 17.7. The molecule has 0 aromatic heterocycles. The maximum absolute atomic E-state index is 9.48. The number of aromatic hydroxyl groups is 9. The molecule has 3 atom stereocenters. The highest BCUT2D eigenvalue weighted by molar-refractivity contribution is 5.85. The minimum atomic E-state index is -0.795. The second kappa shape index (κ2) is 40.4. The SMILES string of the molecule is CC(CCc1ccc(O)cc1)NCCc1ccc(O)c(O)c1.CNC[C@H](O)c1ccc(O)c(O)c1.Cl.NC[C@H](O)c1ccc(O)c(O)c1.Oc1ccc(CCNCCCCCCNCCc2ccccc2)cc1O.[Cl-].[Cl-].[H+].[H+]. The van der Waals surface area contributed by atoms with Gasteiger partial charge >= 0.3 is 2.85 Å². The van der Waals surface area contributed by atoms with Gasteiger partial charge in [0.05, 0.1) is 12.2 Å². The standard InChI is InChI=1S/C22H32N2O2.C18H23NO3.C9H13NO3.C8H11NO3.3ClH/c25-21-11-10-20(18-22(21)26)13-17-24-15-7-2-1-6-14-23-16-12-19-8-4-3-5-9-19;1-13(2-3-14-4-7-16(20)8-5-14)19-11-10-15-6-9-17(21)18(22)12-15;1-10-5-9(13)6-2-3-7(11)8(12)4-6;9-4-8(12)5-1-2-6(10)7(11)3-5;;;/h3-5,8-11,18,23-26H,1-2,6-7,12-17H2;4-9,12-13,19-22H,2-3,10-11H2,1H3;2-4,9-13H,5H2,1H3;1-3,8,10-12H,4,9H2;3*1H/t;;9-;8-;;;/m..00.../s1. The largest absolute Gasteiger partial charge is 1.00 e. The number of unbranched alkanes of at least 4 members (excludes halogenated alkanes) is 3. The monoisotopic (exact) mass is 1120 g/mol. The van der Waals surface area contributed by atoms with Crippen LogP contribution in [0.1, 0.15) is 87.5 Å². The number of benzene rings is 6. The van der Waals surface area contributed by atoms with E-state index < -0.39 is 12.2 Å². The summed E-state index contributed by atoms with van der Waals surface area (Å²) in [6, 6.07) is 36.6. The smallest absolute Gasteiger partial charge is 1.00 e. The number of likely N-dealkylation sites (N-methyl/N-ethyl adjacent to an activating group) is 1. The molecular formula is C57H82Cl3N5O11. The van der Waals surface area contributed by atoms with E-state index in [0.717, 1.165) is 76.0 Å². The third-order valence-corrected chi connectivity index (χ3v) is 11.7. The zero-order chi connectivity index (χ0) is 53.4. The number of nitrogens with one attached hydrogen (secondary N) is 4. The number of phenolic OH excluding ortho intramolecular Hbond substituents is 9. The molecule has 76 heavy (non-hydrogen) atoms. The molecule has 6 aromatic rings. The first-order valence-electron chi connectivity index (χ1n) is 24.8. The van der Waals surface area contributed by atoms with Crippen LogP contribution in [0.3, 0.4) is 0 Å². The van der Waals surface area contributed by atoms with Crippen molar-refractivity contribution in [3.05, 3.63) is 161 Å². The van der Waals surface area contributed by atoms with E-state index in [9.17, 15) is 35.7 Å². The number of rotatable bonds is 25. The lowest BCUT2D eigenvalue weighted by Crippen LogP contribution is -3.00. The predicted octanol–water partition coefficient (Wildman–Crippen LogP) is 1.67. The summed E-state index contributed by atoms with van der Waals surface area (Å²) in [5.74, 6) is -0.809. The van der Waals surface area contributed by atoms with E-state index in [-0.39, 0.29) is 92.6 Å². The molecule has 16 nitrogen and oxygen atoms in total. The van der Waals surface area contributed by atoms with Gasteiger partial charge in [0.1, 0.15) is 5.75 Å². The van der Waals surface area contributed by atoms with Crippen LogP contribution in [0.2, 0.25) is 0 Å². The van der Waals surface area contributed by atoms with Crippen LogP contribution in [0.15, 0.2) is 127 Å². The van der Waals surface area contributed by atoms with E-state index in [2.05, 4.69) is 58.5 Å². The second-order valence-corrected chi connectivity index (χ2v) is 17.7. The van der Waals surface area contributed by atoms with Gasteiger partial charge in [-0.3, -0.25) is 0 Å². The summed E-state index contributed by atoms with van der Waals surface area (Å²) in [7, 11) is 1.73. The summed E-state index contributed by atoms with van der Waals surface area (Å²) in [5, 5.41) is 115. The fourth-order valence-corrected chi connectivity index (χ4v) is 7.22. The van der Waals surface area contributed by atoms with E-state index in [1.54, 1.807) is 43.4 Å². The van der Waals surface area contributed by atoms with Crippen molar-refractivity contribution in [2.75, 3.05) is 52.9 Å². The van der Waals surface area contributed by atoms with E-state index in [1.807, 2.05) is 24.3 Å². The number of nitrogens with two attached hydrogens (primary N) is 1. The predicted molar refractivity (Wildman–Crippen MR) is 297 cm³/mol. The van der Waals surface area contributed by atoms with Crippen LogP contribution in [0, 0.1) is 0 Å². The lowest BCUT2D eigenvalue weighted by Gasteiger charge is -2.14. The summed E-state index contributed by atoms with van der Waals surface area (Å²) < 4.78 is 0. The summed E-state index contributed by atoms with van der Waals surface area (Å²) in [6.07, 6.45) is 8.25. The Bertz CT molecular complexity index is 2460. The van der Waals surface area contributed by atoms with Gasteiger partial charge in [-0.1, -0.05) is 79.6 Å². The van der Waals surface area contributed by atoms with Crippen molar-refractivity contribution in [3.8, 4) is 51.7 Å². The van der Waals surface area contributed by atoms with Crippen LogP contribution >= 0.6 is 12.4 Å². The van der Waals surface area contributed by atoms with Crippen molar-refractivity contribution in [1.29, 1.82) is 0 Å². The van der Waals surface area contributed by atoms with Crippen molar-refractivity contribution < 1.29 is 83.8 Å². The molecule has 0 amide bonds. The number of phenols is 9. The van der Waals surface area contributed by atoms with E-state index in [0.29, 0.717) is 29.5 Å². The van der Waals surface area contributed by atoms with Crippen molar-refractivity contribution in [2.45, 2.75) is 83.0 Å². The van der Waals surface area contributed by atoms with Gasteiger partial charge < -0.3 is 108 Å². The molecule has 0 saturated heterocycles. The molecule has 0 fully saturated rings. The summed E-state index contributed by atoms with van der Waals surface area (Å²) >= 11 is 0. The molecule has 0 aliphatic rings. The number of aliphatic hydroxyl groups is 2. The van der Waals surface area contributed by atoms with Gasteiger partial charge in [0, 0.05) is 19.1 Å². The molecule has 0 aliphatic carbocycles. The van der Waals surface area contributed by atoms with Gasteiger partial charge in [-0.15, -0.1) is 12.4 Å². The molecule has 1 unspecified atom stereocenters. The van der Waals surface area contributed by atoms with Gasteiger partial charge in [0.25, 0.3) is 0 Å². The fourth-order valence-electron chi connectivity index (χ4n) is 7.22. The van der Waals surface area contributed by atoms with Crippen LogP contribution in [-0.2, 0) is 25.7 Å². The van der Waals surface area contributed by atoms with Crippen LogP contribution in [0.4, 0.5) is 0 Å². The Kier molecular flexibility index (Phi) is 37.2. The Morgan fingerprint density at radius 3 is 1.30 bits per heavy atom. The first-order valence-corrected chi connectivity index (χ1v) is 24.8. The van der Waals surface area contributed by atoms with Crippen molar-refractivity contribution in [1.82, 2.24) is 21.3 Å². The third-order valence-electron chi connectivity index (χ3n) is 11.7. The molecule has 0 bridgehead atoms. The zero-order valence-corrected chi connectivity index (χ0v) is 45.7. The molecule has 0 radical (unpaired) electrons. The number of aryl methyl sites for hydroxylation is 1. The highest BCUT2D eigenvalue weighted by Gasteiger charge is 2.10. The maximum Gasteiger partial charge on any atom is 1.00 e. The Morgan fingerprint density at radius 2 is 0.855 bits per heavy atom. The molecular weight excluding hydrogens is 1040 g/mol. The quantitative estimate of drug-likeness (QED) is 0.0287. The number of aliphatic hydroxyl groups excluding tert-OH is 2. The van der Waals surface area contributed by atoms with E-state index >= 15 is 0 Å². The normalized spacial score (nSPS) is 11.5. The zero-order valence-electron chi connectivity index (χ0n) is 45.3. The van der Waals surface area contributed by atoms with Crippen molar-refractivity contribution in [3.63, 3.8) is 0 Å². The Labute approximate surface area is 469 Å². The molecule has 19 heteroatoms. The first kappa shape index (κ1) is 70.1. The van der Waals surface area contributed by atoms with E-state index in [4.69, 9.17) is 26.2 Å². The highest BCUT2D eigenvalue weighted by atomic mass is 35.5. The number of hydrogen-bond donors (Lipinski definition) is 16. The topological polar surface area (TPSA) is 297 Å². The first-order chi connectivity index (χ1) is 35.1. The number of hydrogen-bond acceptors (Lipinski definition) is 16. The molecule has 0 saturated carbocycles. The minimum absolute atomic E-state index is 0. The van der Waals surface area contributed by atoms with Gasteiger partial charge in [0.15, 0.2) is 46.0 Å². The Hall–Kier alpha value is -5.89. The van der Waals surface area contributed by atoms with Crippen LogP contribution < -0.4 is 51.8 Å². The van der Waals surface area contributed by atoms with Crippen LogP contribution in [0.25, 0.3) is 0 Å². The van der Waals surface area contributed by atoms with Gasteiger partial charge in [0.2, 0.25) is 0 Å². The van der Waals surface area contributed by atoms with E-state index in [1.165, 1.54) is 73.2 Å². The lowest BCUT2D eigenvalue weighted by atomic mass is 10.1. The molecule has 17 N–H and O–H groups in total. The Morgan fingerprint density at radius 1 is 0.447 bits per heavy atom. The van der Waals surface area contributed by atoms with Gasteiger partial charge in [-0.2, -0.15) is 0 Å². The molecule has 422 valence electrons. The molecule has 0 aliphatic heterocycles. The third kappa shape index (κ3) is 28.9. The molecule has 0 spiro atoms. The number of halogens is 3. The van der Waals surface area contributed by atoms with Crippen LogP contribution in [-0.4, -0.2) is 115 Å². The summed E-state index contributed by atoms with van der Waals surface area (Å²) in [5.41, 5.74) is 10.9. The van der Waals surface area contributed by atoms with Crippen LogP contribution in [0.5, 0.6) is 51.7 Å². The fraction of sp³-hybridized carbons (Fsp3) is 0.368. The van der Waals surface area contributed by atoms with Crippen molar-refractivity contribution >= 4 is 12.4 Å². The minimum Gasteiger partial charge on any atom is -1.00 e. The average Bonchev–Trinajstić information content (AvgIpc) is 3.38. The molecule has 0 heterocycles. The maximum atomic E-state index is 9.48. The van der Waals surface area contributed by atoms with Crippen molar-refractivity contribution in [2.24, 2.45) is 5.73 Å². The lowest BCUT2D eigenvalue weighted by molar-refractivity contribution is -0.00100. The van der Waals surface area contributed by atoms with Gasteiger partial charge in [-0.25, -0.2) is 0 Å². The summed E-state index contributed by atoms with van der Waals surface area (Å²) in [6.45, 7) is 7.55. The molecule has 6 aromatic carbocycles. The van der Waals surface area contributed by atoms with Gasteiger partial charge in [-0.05, 0) is 186 Å². The molecule has 6 rings (SSSR count). The average molecular weight is 1120 g/mol. The highest BCUT2D eigenvalue weighted by Crippen LogP contribution is 2.29. The Balaban J connectivity index is -0.000000984.